The molecule has 0 bridgehead atoms. The maximum Gasteiger partial charge on any atom is 0.155 e. The van der Waals surface area contributed by atoms with Gasteiger partial charge in [0.1, 0.15) is 0 Å². The highest BCUT2D eigenvalue weighted by Gasteiger charge is 2.07. The van der Waals surface area contributed by atoms with Crippen molar-refractivity contribution in [2.45, 2.75) is 26.2 Å². The van der Waals surface area contributed by atoms with E-state index in [1.54, 1.807) is 0 Å². The van der Waals surface area contributed by atoms with Crippen LogP contribution in [0.3, 0.4) is 0 Å². The molecule has 4 heteroatoms. The molecular formula is C14H22O4. The lowest BCUT2D eigenvalue weighted by Gasteiger charge is -2.16. The molecule has 18 heavy (non-hydrogen) atoms. The third-order valence-corrected chi connectivity index (χ3v) is 2.72. The zero-order valence-electron chi connectivity index (χ0n) is 10.8. The Labute approximate surface area is 108 Å². The van der Waals surface area contributed by atoms with Crippen molar-refractivity contribution in [3.8, 4) is 0 Å². The van der Waals surface area contributed by atoms with Gasteiger partial charge in [-0.3, -0.25) is 0 Å². The molecule has 1 aromatic rings. The number of aliphatic hydroxyl groups is 2. The second kappa shape index (κ2) is 9.05. The Balaban J connectivity index is 2.12. The van der Waals surface area contributed by atoms with Gasteiger partial charge in [0.15, 0.2) is 6.29 Å². The van der Waals surface area contributed by atoms with Crippen molar-refractivity contribution in [3.05, 3.63) is 35.9 Å². The van der Waals surface area contributed by atoms with E-state index in [2.05, 4.69) is 0 Å². The van der Waals surface area contributed by atoms with Crippen molar-refractivity contribution in [1.82, 2.24) is 0 Å². The van der Waals surface area contributed by atoms with E-state index in [0.29, 0.717) is 19.6 Å². The van der Waals surface area contributed by atoms with Gasteiger partial charge in [-0.2, -0.15) is 0 Å². The Morgan fingerprint density at radius 3 is 2.33 bits per heavy atom. The fraction of sp³-hybridized carbons (Fsp3) is 0.571. The van der Waals surface area contributed by atoms with Gasteiger partial charge < -0.3 is 19.7 Å². The fourth-order valence-corrected chi connectivity index (χ4v) is 1.48. The molecule has 1 atom stereocenters. The molecule has 4 nitrogen and oxygen atoms in total. The molecule has 1 unspecified atom stereocenters. The van der Waals surface area contributed by atoms with Gasteiger partial charge in [0.05, 0.1) is 13.2 Å². The van der Waals surface area contributed by atoms with Gasteiger partial charge in [0.2, 0.25) is 0 Å². The average molecular weight is 254 g/mol. The lowest BCUT2D eigenvalue weighted by atomic mass is 10.1. The van der Waals surface area contributed by atoms with Crippen LogP contribution in [0.5, 0.6) is 0 Å². The largest absolute Gasteiger partial charge is 0.396 e. The van der Waals surface area contributed by atoms with E-state index in [4.69, 9.17) is 19.7 Å². The number of hydrogen-bond donors (Lipinski definition) is 2. The number of hydrogen-bond acceptors (Lipinski definition) is 4. The van der Waals surface area contributed by atoms with E-state index in [1.807, 2.05) is 37.3 Å². The fourth-order valence-electron chi connectivity index (χ4n) is 1.48. The molecule has 0 aliphatic carbocycles. The summed E-state index contributed by atoms with van der Waals surface area (Å²) in [7, 11) is 0. The van der Waals surface area contributed by atoms with Crippen molar-refractivity contribution in [1.29, 1.82) is 0 Å². The molecule has 0 fully saturated rings. The van der Waals surface area contributed by atoms with Gasteiger partial charge in [-0.15, -0.1) is 0 Å². The molecule has 2 N–H and O–H groups in total. The first-order chi connectivity index (χ1) is 8.76. The molecule has 0 saturated carbocycles. The summed E-state index contributed by atoms with van der Waals surface area (Å²) in [6, 6.07) is 9.91. The first-order valence-corrected chi connectivity index (χ1v) is 6.25. The Hall–Kier alpha value is -0.940. The lowest BCUT2D eigenvalue weighted by molar-refractivity contribution is -0.141. The first kappa shape index (κ1) is 15.1. The van der Waals surface area contributed by atoms with Crippen molar-refractivity contribution >= 4 is 0 Å². The first-order valence-electron chi connectivity index (χ1n) is 6.25. The Morgan fingerprint density at radius 1 is 1.06 bits per heavy atom. The van der Waals surface area contributed by atoms with Gasteiger partial charge in [0.25, 0.3) is 0 Å². The highest BCUT2D eigenvalue weighted by Crippen LogP contribution is 2.06. The molecule has 0 spiro atoms. The van der Waals surface area contributed by atoms with Crippen LogP contribution >= 0.6 is 0 Å². The second-order valence-corrected chi connectivity index (χ2v) is 4.25. The van der Waals surface area contributed by atoms with Gasteiger partial charge >= 0.3 is 0 Å². The SMILES string of the molecule is CC(OCCC(CO)CO)OCc1ccccc1. The minimum Gasteiger partial charge on any atom is -0.396 e. The molecule has 0 aliphatic heterocycles. The Kier molecular flexibility index (Phi) is 7.60. The van der Waals surface area contributed by atoms with Crippen LogP contribution in [-0.2, 0) is 16.1 Å². The summed E-state index contributed by atoms with van der Waals surface area (Å²) < 4.78 is 11.0. The summed E-state index contributed by atoms with van der Waals surface area (Å²) >= 11 is 0. The van der Waals surface area contributed by atoms with Gasteiger partial charge in [-0.1, -0.05) is 30.3 Å². The standard InChI is InChI=1S/C14H22O4/c1-12(17-8-7-14(9-15)10-16)18-11-13-5-3-2-4-6-13/h2-6,12,14-16H,7-11H2,1H3. The molecule has 0 aliphatic rings. The van der Waals surface area contributed by atoms with Crippen LogP contribution in [-0.4, -0.2) is 36.3 Å². The summed E-state index contributed by atoms with van der Waals surface area (Å²) in [6.45, 7) is 2.81. The number of rotatable bonds is 9. The van der Waals surface area contributed by atoms with Crippen molar-refractivity contribution in [3.63, 3.8) is 0 Å². The molecule has 0 aromatic heterocycles. The second-order valence-electron chi connectivity index (χ2n) is 4.25. The molecule has 0 radical (unpaired) electrons. The topological polar surface area (TPSA) is 58.9 Å². The predicted octanol–water partition coefficient (Wildman–Crippen LogP) is 1.56. The third-order valence-electron chi connectivity index (χ3n) is 2.72. The summed E-state index contributed by atoms with van der Waals surface area (Å²) in [4.78, 5) is 0. The normalized spacial score (nSPS) is 12.9. The van der Waals surface area contributed by atoms with Crippen LogP contribution in [0.15, 0.2) is 30.3 Å². The van der Waals surface area contributed by atoms with E-state index in [0.717, 1.165) is 5.56 Å². The molecule has 1 rings (SSSR count). The van der Waals surface area contributed by atoms with E-state index in [-0.39, 0.29) is 25.4 Å². The molecular weight excluding hydrogens is 232 g/mol. The smallest absolute Gasteiger partial charge is 0.155 e. The highest BCUT2D eigenvalue weighted by atomic mass is 16.7. The van der Waals surface area contributed by atoms with E-state index < -0.39 is 0 Å². The molecule has 1 aromatic carbocycles. The van der Waals surface area contributed by atoms with E-state index in [1.165, 1.54) is 0 Å². The minimum absolute atomic E-state index is 0.0148. The van der Waals surface area contributed by atoms with Crippen LogP contribution in [0, 0.1) is 5.92 Å². The maximum atomic E-state index is 8.90. The zero-order valence-corrected chi connectivity index (χ0v) is 10.8. The molecule has 0 amide bonds. The monoisotopic (exact) mass is 254 g/mol. The summed E-state index contributed by atoms with van der Waals surface area (Å²) in [5.74, 6) is -0.105. The van der Waals surface area contributed by atoms with Crippen LogP contribution in [0.2, 0.25) is 0 Å². The van der Waals surface area contributed by atoms with Gasteiger partial charge in [-0.25, -0.2) is 0 Å². The lowest BCUT2D eigenvalue weighted by Crippen LogP contribution is -2.18. The van der Waals surface area contributed by atoms with E-state index >= 15 is 0 Å². The quantitative estimate of drug-likeness (QED) is 0.657. The summed E-state index contributed by atoms with van der Waals surface area (Å²) in [5, 5.41) is 17.8. The number of aliphatic hydroxyl groups excluding tert-OH is 2. The minimum atomic E-state index is -0.289. The van der Waals surface area contributed by atoms with Gasteiger partial charge in [0, 0.05) is 19.1 Å². The highest BCUT2D eigenvalue weighted by molar-refractivity contribution is 5.13. The predicted molar refractivity (Wildman–Crippen MR) is 68.9 cm³/mol. The third kappa shape index (κ3) is 6.12. The van der Waals surface area contributed by atoms with Crippen molar-refractivity contribution < 1.29 is 19.7 Å². The Morgan fingerprint density at radius 2 is 1.72 bits per heavy atom. The molecule has 0 saturated heterocycles. The van der Waals surface area contributed by atoms with E-state index in [9.17, 15) is 0 Å². The maximum absolute atomic E-state index is 8.90. The van der Waals surface area contributed by atoms with Gasteiger partial charge in [-0.05, 0) is 18.9 Å². The number of benzene rings is 1. The summed E-state index contributed by atoms with van der Waals surface area (Å²) in [6.07, 6.45) is 0.342. The zero-order chi connectivity index (χ0) is 13.2. The average Bonchev–Trinajstić information content (AvgIpc) is 2.42. The van der Waals surface area contributed by atoms with Crippen LogP contribution < -0.4 is 0 Å². The summed E-state index contributed by atoms with van der Waals surface area (Å²) in [5.41, 5.74) is 1.11. The number of ether oxygens (including phenoxy) is 2. The van der Waals surface area contributed by atoms with Crippen LogP contribution in [0.25, 0.3) is 0 Å². The van der Waals surface area contributed by atoms with Crippen LogP contribution in [0.4, 0.5) is 0 Å². The molecule has 0 heterocycles. The van der Waals surface area contributed by atoms with Crippen molar-refractivity contribution in [2.24, 2.45) is 5.92 Å². The van der Waals surface area contributed by atoms with Crippen molar-refractivity contribution in [2.75, 3.05) is 19.8 Å². The van der Waals surface area contributed by atoms with Crippen LogP contribution in [0.1, 0.15) is 18.9 Å². The molecule has 102 valence electrons. The Bertz CT molecular complexity index is 298.